The Kier molecular flexibility index (Phi) is 23.6. The summed E-state index contributed by atoms with van der Waals surface area (Å²) in [5.74, 6) is 6.75. The van der Waals surface area contributed by atoms with Crippen LogP contribution in [0.5, 0.6) is 17.2 Å². The first-order chi connectivity index (χ1) is 51.4. The third kappa shape index (κ3) is 18.6. The predicted molar refractivity (Wildman–Crippen MR) is 399 cm³/mol. The van der Waals surface area contributed by atoms with E-state index in [0.717, 1.165) is 94.6 Å². The molecule has 3 aliphatic rings. The number of benzene rings is 4. The van der Waals surface area contributed by atoms with Crippen molar-refractivity contribution in [3.05, 3.63) is 168 Å². The number of rotatable bonds is 18. The highest BCUT2D eigenvalue weighted by Gasteiger charge is 2.33. The van der Waals surface area contributed by atoms with Crippen LogP contribution in [-0.2, 0) is 10.9 Å². The molecule has 4 aromatic carbocycles. The van der Waals surface area contributed by atoms with Gasteiger partial charge in [-0.05, 0) is 130 Å². The third-order valence-corrected chi connectivity index (χ3v) is 16.9. The SMILES string of the molecule is COc1ccc(Cl)cc1Nc1nc(N)n(-c2ccccn2)n1.COc1ccc(Nc2nc(N)n(-c3ccnc(N4CCCCC4)n3)n2)c(OC)c1.Nc1nc(Nc2ccc(N3CCOCC3)cc2)nn1-c1ccnc(N2CCCCC2)n1.Nc1nc(Nc2ccccc2Cl)nn1-c1cccc(C(F)(F)F)n1. The summed E-state index contributed by atoms with van der Waals surface area (Å²) in [5.41, 5.74) is 26.7. The number of nitrogens with zero attached hydrogens (tertiary/aromatic N) is 21. The summed E-state index contributed by atoms with van der Waals surface area (Å²) in [5, 5.41) is 30.5. The number of alkyl halides is 3. The number of aromatic nitrogens is 18. The molecule has 12 N–H and O–H groups in total. The number of halogens is 5. The molecule has 550 valence electrons. The van der Waals surface area contributed by atoms with Gasteiger partial charge in [-0.25, -0.2) is 19.9 Å². The summed E-state index contributed by atoms with van der Waals surface area (Å²) in [4.78, 5) is 49.3. The van der Waals surface area contributed by atoms with Crippen molar-refractivity contribution in [2.45, 2.75) is 44.7 Å². The molecule has 0 radical (unpaired) electrons. The molecule has 3 fully saturated rings. The van der Waals surface area contributed by atoms with E-state index < -0.39 is 11.9 Å². The number of hydrogen-bond acceptors (Lipinski definition) is 29. The number of hydrogen-bond donors (Lipinski definition) is 8. The van der Waals surface area contributed by atoms with Crippen LogP contribution in [0, 0.1) is 0 Å². The molecule has 15 rings (SSSR count). The van der Waals surface area contributed by atoms with Gasteiger partial charge in [-0.2, -0.15) is 61.8 Å². The minimum atomic E-state index is -4.57. The highest BCUT2D eigenvalue weighted by Crippen LogP contribution is 2.34. The van der Waals surface area contributed by atoms with E-state index in [0.29, 0.717) is 91.6 Å². The van der Waals surface area contributed by atoms with Gasteiger partial charge in [0.15, 0.2) is 23.3 Å². The van der Waals surface area contributed by atoms with Gasteiger partial charge in [-0.15, -0.1) is 20.4 Å². The van der Waals surface area contributed by atoms with Gasteiger partial charge in [0, 0.05) is 92.5 Å². The Labute approximate surface area is 615 Å². The van der Waals surface area contributed by atoms with Crippen LogP contribution in [-0.4, -0.2) is 163 Å². The summed E-state index contributed by atoms with van der Waals surface area (Å²) < 4.78 is 65.1. The van der Waals surface area contributed by atoms with E-state index >= 15 is 0 Å². The summed E-state index contributed by atoms with van der Waals surface area (Å²) in [6.07, 6.45) is 7.68. The Balaban J connectivity index is 0.000000134. The second-order valence-corrected chi connectivity index (χ2v) is 24.3. The molecule has 0 unspecified atom stereocenters. The first-order valence-corrected chi connectivity index (χ1v) is 34.0. The highest BCUT2D eigenvalue weighted by atomic mass is 35.5. The van der Waals surface area contributed by atoms with Crippen molar-refractivity contribution in [1.29, 1.82) is 0 Å². The third-order valence-electron chi connectivity index (χ3n) is 16.3. The molecule has 0 saturated carbocycles. The lowest BCUT2D eigenvalue weighted by Crippen LogP contribution is -2.36. The van der Waals surface area contributed by atoms with Crippen LogP contribution in [0.2, 0.25) is 10.0 Å². The van der Waals surface area contributed by atoms with Gasteiger partial charge in [0.05, 0.1) is 56.6 Å². The fourth-order valence-corrected chi connectivity index (χ4v) is 11.4. The maximum Gasteiger partial charge on any atom is 0.433 e. The zero-order valence-electron chi connectivity index (χ0n) is 57.6. The number of nitrogens with one attached hydrogen (secondary N) is 4. The zero-order chi connectivity index (χ0) is 74.1. The van der Waals surface area contributed by atoms with E-state index in [1.165, 1.54) is 40.0 Å². The van der Waals surface area contributed by atoms with Gasteiger partial charge >= 0.3 is 6.18 Å². The Hall–Kier alpha value is -12.6. The monoisotopic (exact) mass is 1490 g/mol. The van der Waals surface area contributed by atoms with Crippen LogP contribution in [0.4, 0.5) is 101 Å². The van der Waals surface area contributed by atoms with Gasteiger partial charge in [-0.1, -0.05) is 47.5 Å². The van der Waals surface area contributed by atoms with Crippen molar-refractivity contribution in [3.8, 4) is 40.5 Å². The van der Waals surface area contributed by atoms with E-state index in [-0.39, 0.29) is 35.6 Å². The summed E-state index contributed by atoms with van der Waals surface area (Å²) in [7, 11) is 4.76. The van der Waals surface area contributed by atoms with Crippen molar-refractivity contribution in [3.63, 3.8) is 0 Å². The smallest absolute Gasteiger partial charge is 0.433 e. The normalized spacial score (nSPS) is 13.6. The lowest BCUT2D eigenvalue weighted by molar-refractivity contribution is -0.141. The fourth-order valence-electron chi connectivity index (χ4n) is 11.1. The van der Waals surface area contributed by atoms with Crippen molar-refractivity contribution >= 4 is 111 Å². The zero-order valence-corrected chi connectivity index (χ0v) is 59.1. The Morgan fingerprint density at radius 2 is 0.934 bits per heavy atom. The van der Waals surface area contributed by atoms with E-state index in [4.69, 9.17) is 65.1 Å². The largest absolute Gasteiger partial charge is 0.497 e. The number of nitrogens with two attached hydrogens (primary N) is 4. The van der Waals surface area contributed by atoms with Crippen LogP contribution < -0.4 is 73.1 Å². The average Bonchev–Trinajstić information content (AvgIpc) is 1.61. The molecule has 8 aromatic heterocycles. The fraction of sp³-hybridized carbons (Fsp3) is 0.265. The maximum atomic E-state index is 12.8. The van der Waals surface area contributed by atoms with Crippen molar-refractivity contribution in [2.75, 3.05) is 133 Å². The summed E-state index contributed by atoms with van der Waals surface area (Å²) in [6.45, 7) is 7.22. The van der Waals surface area contributed by atoms with Crippen molar-refractivity contribution in [2.24, 2.45) is 0 Å². The topological polar surface area (TPSA) is 399 Å². The van der Waals surface area contributed by atoms with E-state index in [1.54, 1.807) is 111 Å². The van der Waals surface area contributed by atoms with Gasteiger partial charge in [-0.3, -0.25) is 0 Å². The molecule has 0 atom stereocenters. The highest BCUT2D eigenvalue weighted by molar-refractivity contribution is 6.33. The first kappa shape index (κ1) is 73.2. The first-order valence-electron chi connectivity index (χ1n) is 33.3. The number of pyridine rings is 2. The van der Waals surface area contributed by atoms with Gasteiger partial charge in [0.2, 0.25) is 59.5 Å². The molecule has 38 heteroatoms. The quantitative estimate of drug-likeness (QED) is 0.0395. The van der Waals surface area contributed by atoms with E-state index in [1.807, 2.05) is 36.4 Å². The number of nitrogen functional groups attached to an aromatic ring is 4. The Morgan fingerprint density at radius 1 is 0.425 bits per heavy atom. The summed E-state index contributed by atoms with van der Waals surface area (Å²) in [6, 6.07) is 38.1. The van der Waals surface area contributed by atoms with Crippen LogP contribution in [0.1, 0.15) is 44.2 Å². The minimum Gasteiger partial charge on any atom is -0.497 e. The molecule has 0 amide bonds. The molecule has 33 nitrogen and oxygen atoms in total. The van der Waals surface area contributed by atoms with Gasteiger partial charge < -0.3 is 77.8 Å². The standard InChI is InChI=1S/C21H27N9O.C19H24N8O2.C14H10ClF3N6.C14H13ClN6O/c22-19-26-20(24-16-4-6-17(7-5-16)28-12-14-31-15-13-28)27-30(19)18-8-9-23-21(25-18)29-10-2-1-3-11-29;1-28-13-6-7-14(15(12-13)29-2)22-18-24-17(20)27(25-18)16-8-9-21-19(23-16)26-10-4-3-5-11-26;15-8-4-1-2-5-9(8)20-13-22-12(19)24(23-13)11-7-3-6-10(21-11)14(16,17)18;1-22-11-6-5-9(15)8-10(11)18-14-19-13(16)21(20-14)12-4-2-3-7-17-12/h4-9H,1-3,10-15H2,(H3,22,24,26,27);6-9,12H,3-5,10-11H2,1-2H3,(H3,20,22,24,25);1-7H,(H3,19,20,22,23);2-8H,1H3,(H3,16,18,19,20). The second-order valence-electron chi connectivity index (χ2n) is 23.5. The van der Waals surface area contributed by atoms with E-state index in [9.17, 15) is 13.2 Å². The summed E-state index contributed by atoms with van der Waals surface area (Å²) >= 11 is 12.0. The Morgan fingerprint density at radius 3 is 1.46 bits per heavy atom. The molecular weight excluding hydrogens is 1410 g/mol. The number of para-hydroxylation sites is 1. The average molecular weight is 1490 g/mol. The Bertz CT molecular complexity index is 4880. The van der Waals surface area contributed by atoms with Gasteiger partial charge in [0.1, 0.15) is 22.9 Å². The van der Waals surface area contributed by atoms with Gasteiger partial charge in [0.25, 0.3) is 0 Å². The number of ether oxygens (including phenoxy) is 4. The van der Waals surface area contributed by atoms with E-state index in [2.05, 4.69) is 118 Å². The van der Waals surface area contributed by atoms with Crippen LogP contribution in [0.25, 0.3) is 23.3 Å². The second kappa shape index (κ2) is 34.1. The number of anilines is 15. The molecule has 12 aromatic rings. The molecule has 3 saturated heterocycles. The molecule has 106 heavy (non-hydrogen) atoms. The number of piperidine rings is 2. The van der Waals surface area contributed by atoms with Crippen molar-refractivity contribution < 1.29 is 32.1 Å². The minimum absolute atomic E-state index is 0.0832. The predicted octanol–water partition coefficient (Wildman–Crippen LogP) is 10.9. The lowest BCUT2D eigenvalue weighted by atomic mass is 10.1. The van der Waals surface area contributed by atoms with Crippen LogP contribution in [0.15, 0.2) is 152 Å². The molecule has 0 aliphatic carbocycles. The molecule has 0 spiro atoms. The molecule has 3 aliphatic heterocycles. The van der Waals surface area contributed by atoms with Crippen LogP contribution in [0.3, 0.4) is 0 Å². The molecule has 11 heterocycles. The molecule has 0 bridgehead atoms. The molecular formula is C68H74Cl2F3N29O4. The number of methoxy groups -OCH3 is 3. The lowest BCUT2D eigenvalue weighted by Gasteiger charge is -2.28. The number of morpholine rings is 1. The van der Waals surface area contributed by atoms with Crippen LogP contribution >= 0.6 is 23.2 Å². The van der Waals surface area contributed by atoms with Crippen molar-refractivity contribution in [1.82, 2.24) is 89.0 Å². The maximum absolute atomic E-state index is 12.8.